The van der Waals surface area contributed by atoms with Gasteiger partial charge in [0.05, 0.1) is 5.52 Å². The summed E-state index contributed by atoms with van der Waals surface area (Å²) in [5, 5.41) is 10.00. The van der Waals surface area contributed by atoms with E-state index in [2.05, 4.69) is 0 Å². The number of nitrogens with zero attached hydrogens (tertiary/aromatic N) is 1. The van der Waals surface area contributed by atoms with E-state index in [1.807, 2.05) is 30.3 Å². The van der Waals surface area contributed by atoms with E-state index < -0.39 is 15.8 Å². The van der Waals surface area contributed by atoms with Gasteiger partial charge in [-0.3, -0.25) is 0 Å². The van der Waals surface area contributed by atoms with Crippen LogP contribution in [0.25, 0.3) is 10.9 Å². The first-order chi connectivity index (χ1) is 11.7. The second-order valence-corrected chi connectivity index (χ2v) is 7.97. The van der Waals surface area contributed by atoms with Crippen molar-refractivity contribution in [3.63, 3.8) is 0 Å². The Morgan fingerprint density at radius 2 is 1.80 bits per heavy atom. The zero-order valence-electron chi connectivity index (χ0n) is 13.9. The van der Waals surface area contributed by atoms with E-state index in [0.29, 0.717) is 11.1 Å². The molecule has 0 atom stereocenters. The largest absolute Gasteiger partial charge is 0.477 e. The molecule has 0 saturated carbocycles. The minimum atomic E-state index is -3.80. The van der Waals surface area contributed by atoms with Gasteiger partial charge in [-0.1, -0.05) is 36.4 Å². The van der Waals surface area contributed by atoms with Crippen LogP contribution in [-0.4, -0.2) is 30.3 Å². The van der Waals surface area contributed by atoms with Crippen molar-refractivity contribution in [1.29, 1.82) is 0 Å². The number of hydrogen-bond donors (Lipinski definition) is 2. The molecule has 0 aliphatic heterocycles. The van der Waals surface area contributed by atoms with Crippen LogP contribution in [0.3, 0.4) is 0 Å². The summed E-state index contributed by atoms with van der Waals surface area (Å²) < 4.78 is 26.2. The summed E-state index contributed by atoms with van der Waals surface area (Å²) in [6, 6.07) is 12.7. The zero-order chi connectivity index (χ0) is 18.4. The van der Waals surface area contributed by atoms with Crippen LogP contribution in [0.4, 0.5) is 5.69 Å². The molecule has 6 nitrogen and oxygen atoms in total. The van der Waals surface area contributed by atoms with Crippen molar-refractivity contribution >= 4 is 32.4 Å². The maximum Gasteiger partial charge on any atom is 0.353 e. The number of aromatic nitrogens is 1. The number of aromatic carboxylic acids is 1. The van der Waals surface area contributed by atoms with Gasteiger partial charge in [0.1, 0.15) is 10.6 Å². The lowest BCUT2D eigenvalue weighted by atomic mass is 10.1. The number of carboxylic acid groups (broad SMARTS) is 1. The molecule has 0 amide bonds. The van der Waals surface area contributed by atoms with Crippen LogP contribution in [0.2, 0.25) is 0 Å². The van der Waals surface area contributed by atoms with E-state index in [0.717, 1.165) is 11.8 Å². The minimum absolute atomic E-state index is 0.230. The molecule has 7 heteroatoms. The number of nitrogens with two attached hydrogens (primary N) is 1. The fraction of sp³-hybridized carbons (Fsp3) is 0.167. The lowest BCUT2D eigenvalue weighted by Crippen LogP contribution is -2.13. The molecule has 0 saturated heterocycles. The molecule has 0 aliphatic carbocycles. The molecule has 0 fully saturated rings. The van der Waals surface area contributed by atoms with E-state index in [-0.39, 0.29) is 28.2 Å². The topological polar surface area (TPSA) is 102 Å². The number of aryl methyl sites for hydroxylation is 1. The predicted octanol–water partition coefficient (Wildman–Crippen LogP) is 2.68. The Balaban J connectivity index is 2.46. The molecule has 0 aliphatic rings. The van der Waals surface area contributed by atoms with Crippen molar-refractivity contribution in [2.24, 2.45) is 0 Å². The van der Waals surface area contributed by atoms with E-state index in [1.165, 1.54) is 4.57 Å². The highest BCUT2D eigenvalue weighted by Crippen LogP contribution is 2.36. The third-order valence-electron chi connectivity index (χ3n) is 4.20. The van der Waals surface area contributed by atoms with Gasteiger partial charge in [0.25, 0.3) is 0 Å². The van der Waals surface area contributed by atoms with Gasteiger partial charge in [-0.05, 0) is 24.1 Å². The average molecular weight is 358 g/mol. The number of fused-ring (bicyclic) bond motifs is 1. The summed E-state index contributed by atoms with van der Waals surface area (Å²) in [5.74, 6) is -1.30. The maximum atomic E-state index is 12.4. The standard InChI is InChI=1S/C18H18N2O4S/c1-11-8-9-13-14(15(11)19)17(25(2,23)24)16(18(21)22)20(13)10-12-6-4-3-5-7-12/h3-9H,10,19H2,1-2H3,(H,21,22). The molecule has 0 bridgehead atoms. The minimum Gasteiger partial charge on any atom is -0.477 e. The fourth-order valence-electron chi connectivity index (χ4n) is 3.04. The molecule has 2 aromatic carbocycles. The van der Waals surface area contributed by atoms with Gasteiger partial charge >= 0.3 is 5.97 Å². The second-order valence-electron chi connectivity index (χ2n) is 6.02. The molecule has 0 spiro atoms. The van der Waals surface area contributed by atoms with Crippen LogP contribution in [0, 0.1) is 6.92 Å². The van der Waals surface area contributed by atoms with Crippen molar-refractivity contribution < 1.29 is 18.3 Å². The molecule has 25 heavy (non-hydrogen) atoms. The van der Waals surface area contributed by atoms with Crippen LogP contribution >= 0.6 is 0 Å². The second kappa shape index (κ2) is 5.93. The molecule has 1 heterocycles. The fourth-order valence-corrected chi connectivity index (χ4v) is 4.18. The van der Waals surface area contributed by atoms with Gasteiger partial charge in [0.15, 0.2) is 9.84 Å². The highest BCUT2D eigenvalue weighted by molar-refractivity contribution is 7.91. The number of sulfone groups is 1. The van der Waals surface area contributed by atoms with E-state index in [9.17, 15) is 18.3 Å². The Hall–Kier alpha value is -2.80. The quantitative estimate of drug-likeness (QED) is 0.698. The van der Waals surface area contributed by atoms with Crippen LogP contribution in [0.5, 0.6) is 0 Å². The van der Waals surface area contributed by atoms with Crippen LogP contribution in [-0.2, 0) is 16.4 Å². The van der Waals surface area contributed by atoms with Gasteiger partial charge in [-0.25, -0.2) is 13.2 Å². The number of nitrogen functional groups attached to an aromatic ring is 1. The highest BCUT2D eigenvalue weighted by atomic mass is 32.2. The van der Waals surface area contributed by atoms with Crippen molar-refractivity contribution in [3.05, 3.63) is 59.3 Å². The number of rotatable bonds is 4. The van der Waals surface area contributed by atoms with E-state index in [4.69, 9.17) is 5.73 Å². The first kappa shape index (κ1) is 17.0. The smallest absolute Gasteiger partial charge is 0.353 e. The number of carboxylic acids is 1. The van der Waals surface area contributed by atoms with E-state index >= 15 is 0 Å². The number of hydrogen-bond acceptors (Lipinski definition) is 4. The summed E-state index contributed by atoms with van der Waals surface area (Å²) >= 11 is 0. The van der Waals surface area contributed by atoms with Crippen LogP contribution < -0.4 is 5.73 Å². The van der Waals surface area contributed by atoms with Crippen molar-refractivity contribution in [3.8, 4) is 0 Å². The van der Waals surface area contributed by atoms with Crippen molar-refractivity contribution in [1.82, 2.24) is 4.57 Å². The number of benzene rings is 2. The van der Waals surface area contributed by atoms with Gasteiger partial charge in [-0.2, -0.15) is 0 Å². The van der Waals surface area contributed by atoms with Crippen LogP contribution in [0.15, 0.2) is 47.4 Å². The third-order valence-corrected chi connectivity index (χ3v) is 5.34. The Bertz CT molecular complexity index is 1080. The first-order valence-corrected chi connectivity index (χ1v) is 9.49. The van der Waals surface area contributed by atoms with E-state index in [1.54, 1.807) is 19.1 Å². The molecule has 1 aromatic heterocycles. The molecule has 3 rings (SSSR count). The summed E-state index contributed by atoms with van der Waals surface area (Å²) in [6.07, 6.45) is 1.00. The first-order valence-electron chi connectivity index (χ1n) is 7.60. The number of anilines is 1. The van der Waals surface area contributed by atoms with Crippen LogP contribution in [0.1, 0.15) is 21.6 Å². The SMILES string of the molecule is Cc1ccc2c(c1N)c(S(C)(=O)=O)c(C(=O)O)n2Cc1ccccc1. The van der Waals surface area contributed by atoms with Gasteiger partial charge in [0.2, 0.25) is 0 Å². The molecular formula is C18H18N2O4S. The molecule has 130 valence electrons. The van der Waals surface area contributed by atoms with Gasteiger partial charge in [0, 0.05) is 23.9 Å². The normalized spacial score (nSPS) is 11.8. The van der Waals surface area contributed by atoms with Crippen molar-refractivity contribution in [2.45, 2.75) is 18.4 Å². The molecule has 3 N–H and O–H groups in total. The Kier molecular flexibility index (Phi) is 4.04. The molecule has 3 aromatic rings. The Labute approximate surface area is 145 Å². The lowest BCUT2D eigenvalue weighted by Gasteiger charge is -2.09. The lowest BCUT2D eigenvalue weighted by molar-refractivity contribution is 0.0681. The average Bonchev–Trinajstić information content (AvgIpc) is 2.87. The van der Waals surface area contributed by atoms with Gasteiger partial charge < -0.3 is 15.4 Å². The van der Waals surface area contributed by atoms with Crippen molar-refractivity contribution in [2.75, 3.05) is 12.0 Å². The summed E-state index contributed by atoms with van der Waals surface area (Å²) in [4.78, 5) is 11.7. The third kappa shape index (κ3) is 2.87. The van der Waals surface area contributed by atoms with Gasteiger partial charge in [-0.15, -0.1) is 0 Å². The summed E-state index contributed by atoms with van der Waals surface area (Å²) in [7, 11) is -3.80. The monoisotopic (exact) mass is 358 g/mol. The maximum absolute atomic E-state index is 12.4. The Morgan fingerprint density at radius 1 is 1.16 bits per heavy atom. The molecule has 0 unspecified atom stereocenters. The predicted molar refractivity (Wildman–Crippen MR) is 96.7 cm³/mol. The Morgan fingerprint density at radius 3 is 2.36 bits per heavy atom. The number of carbonyl (C=O) groups is 1. The zero-order valence-corrected chi connectivity index (χ0v) is 14.7. The highest BCUT2D eigenvalue weighted by Gasteiger charge is 2.30. The molecule has 0 radical (unpaired) electrons. The molecular weight excluding hydrogens is 340 g/mol. The summed E-state index contributed by atoms with van der Waals surface area (Å²) in [6.45, 7) is 1.99. The summed E-state index contributed by atoms with van der Waals surface area (Å²) in [5.41, 5.74) is 8.19.